The number of anilines is 1. The average molecular weight is 466 g/mol. The fraction of sp³-hybridized carbons (Fsp3) is 0.208. The number of thioether (sulfide) groups is 1. The van der Waals surface area contributed by atoms with Crippen LogP contribution in [-0.4, -0.2) is 20.7 Å². The number of ether oxygens (including phenoxy) is 1. The van der Waals surface area contributed by atoms with E-state index < -0.39 is 5.25 Å². The summed E-state index contributed by atoms with van der Waals surface area (Å²) >= 11 is 2.67. The minimum absolute atomic E-state index is 0.0614. The molecule has 1 atom stereocenters. The summed E-state index contributed by atoms with van der Waals surface area (Å²) in [6.45, 7) is 4.70. The predicted octanol–water partition coefficient (Wildman–Crippen LogP) is 5.18. The Hall–Kier alpha value is -3.10. The van der Waals surface area contributed by atoms with Crippen molar-refractivity contribution in [2.75, 3.05) is 5.32 Å². The number of carbonyl (C=O) groups is 1. The first-order chi connectivity index (χ1) is 15.5. The number of hydrogen-bond donors (Lipinski definition) is 1. The third kappa shape index (κ3) is 5.03. The standard InChI is InChI=1S/C24H23N3O3S2/c1-3-27-23(29)21-20(13-14-31-21)26-24(27)32-16(2)22(28)25-18-9-11-19(12-10-18)30-15-17-7-5-4-6-8-17/h4-14,16H,3,15H2,1-2H3,(H,25,28). The van der Waals surface area contributed by atoms with Gasteiger partial charge in [-0.2, -0.15) is 0 Å². The molecule has 0 saturated heterocycles. The van der Waals surface area contributed by atoms with Crippen molar-refractivity contribution in [3.8, 4) is 5.75 Å². The molecule has 6 nitrogen and oxygen atoms in total. The zero-order chi connectivity index (χ0) is 22.5. The second kappa shape index (κ2) is 10.0. The number of aromatic nitrogens is 2. The molecule has 0 bridgehead atoms. The lowest BCUT2D eigenvalue weighted by atomic mass is 10.2. The summed E-state index contributed by atoms with van der Waals surface area (Å²) in [7, 11) is 0. The summed E-state index contributed by atoms with van der Waals surface area (Å²) in [5.41, 5.74) is 2.39. The van der Waals surface area contributed by atoms with Gasteiger partial charge in [-0.05, 0) is 55.1 Å². The number of carbonyl (C=O) groups excluding carboxylic acids is 1. The molecule has 4 aromatic rings. The molecule has 0 spiro atoms. The normalized spacial score (nSPS) is 11.9. The van der Waals surface area contributed by atoms with Gasteiger partial charge < -0.3 is 10.1 Å². The van der Waals surface area contributed by atoms with Crippen molar-refractivity contribution in [1.82, 2.24) is 9.55 Å². The molecular weight excluding hydrogens is 442 g/mol. The van der Waals surface area contributed by atoms with E-state index >= 15 is 0 Å². The maximum atomic E-state index is 12.7. The molecule has 0 fully saturated rings. The first-order valence-electron chi connectivity index (χ1n) is 10.3. The molecule has 0 aliphatic rings. The average Bonchev–Trinajstić information content (AvgIpc) is 3.28. The summed E-state index contributed by atoms with van der Waals surface area (Å²) < 4.78 is 8.05. The monoisotopic (exact) mass is 465 g/mol. The second-order valence-electron chi connectivity index (χ2n) is 7.13. The van der Waals surface area contributed by atoms with Crippen LogP contribution in [0.4, 0.5) is 5.69 Å². The van der Waals surface area contributed by atoms with Gasteiger partial charge in [0, 0.05) is 12.2 Å². The summed E-state index contributed by atoms with van der Waals surface area (Å²) in [5.74, 6) is 0.574. The number of rotatable bonds is 8. The van der Waals surface area contributed by atoms with Gasteiger partial charge in [0.25, 0.3) is 5.56 Å². The molecule has 8 heteroatoms. The molecule has 32 heavy (non-hydrogen) atoms. The van der Waals surface area contributed by atoms with Crippen LogP contribution < -0.4 is 15.6 Å². The Bertz CT molecular complexity index is 1270. The lowest BCUT2D eigenvalue weighted by Crippen LogP contribution is -2.26. The van der Waals surface area contributed by atoms with Gasteiger partial charge in [0.05, 0.1) is 10.8 Å². The molecular formula is C24H23N3O3S2. The summed E-state index contributed by atoms with van der Waals surface area (Å²) in [6, 6.07) is 19.1. The molecule has 1 unspecified atom stereocenters. The van der Waals surface area contributed by atoms with Gasteiger partial charge in [-0.15, -0.1) is 11.3 Å². The molecule has 2 aromatic heterocycles. The maximum absolute atomic E-state index is 12.7. The first-order valence-corrected chi connectivity index (χ1v) is 12.0. The van der Waals surface area contributed by atoms with E-state index in [-0.39, 0.29) is 11.5 Å². The van der Waals surface area contributed by atoms with Gasteiger partial charge in [-0.3, -0.25) is 14.2 Å². The van der Waals surface area contributed by atoms with Crippen LogP contribution in [0.15, 0.2) is 76.0 Å². The van der Waals surface area contributed by atoms with E-state index in [1.165, 1.54) is 23.1 Å². The van der Waals surface area contributed by atoms with Gasteiger partial charge in [0.1, 0.15) is 17.1 Å². The van der Waals surface area contributed by atoms with E-state index in [0.717, 1.165) is 11.3 Å². The number of thiophene rings is 1. The van der Waals surface area contributed by atoms with E-state index in [9.17, 15) is 9.59 Å². The van der Waals surface area contributed by atoms with E-state index in [1.54, 1.807) is 11.5 Å². The van der Waals surface area contributed by atoms with Gasteiger partial charge in [-0.25, -0.2) is 4.98 Å². The molecule has 0 aliphatic carbocycles. The van der Waals surface area contributed by atoms with Gasteiger partial charge in [0.15, 0.2) is 5.16 Å². The molecule has 0 radical (unpaired) electrons. The zero-order valence-electron chi connectivity index (χ0n) is 17.8. The molecule has 0 saturated carbocycles. The van der Waals surface area contributed by atoms with Crippen LogP contribution in [-0.2, 0) is 17.9 Å². The van der Waals surface area contributed by atoms with Crippen molar-refractivity contribution in [2.24, 2.45) is 0 Å². The van der Waals surface area contributed by atoms with Crippen molar-refractivity contribution >= 4 is 44.9 Å². The largest absolute Gasteiger partial charge is 0.489 e. The Morgan fingerprint density at radius 2 is 1.91 bits per heavy atom. The van der Waals surface area contributed by atoms with E-state index in [2.05, 4.69) is 10.3 Å². The van der Waals surface area contributed by atoms with Crippen molar-refractivity contribution in [1.29, 1.82) is 0 Å². The molecule has 164 valence electrons. The topological polar surface area (TPSA) is 73.2 Å². The van der Waals surface area contributed by atoms with Crippen molar-refractivity contribution in [2.45, 2.75) is 37.4 Å². The first kappa shape index (κ1) is 22.1. The number of benzene rings is 2. The third-order valence-electron chi connectivity index (χ3n) is 4.87. The fourth-order valence-electron chi connectivity index (χ4n) is 3.12. The fourth-order valence-corrected chi connectivity index (χ4v) is 4.87. The van der Waals surface area contributed by atoms with Crippen LogP contribution in [0.2, 0.25) is 0 Å². The lowest BCUT2D eigenvalue weighted by molar-refractivity contribution is -0.115. The van der Waals surface area contributed by atoms with Gasteiger partial charge >= 0.3 is 0 Å². The van der Waals surface area contributed by atoms with Crippen molar-refractivity contribution < 1.29 is 9.53 Å². The molecule has 2 aromatic carbocycles. The van der Waals surface area contributed by atoms with E-state index in [4.69, 9.17) is 4.74 Å². The maximum Gasteiger partial charge on any atom is 0.272 e. The Morgan fingerprint density at radius 1 is 1.16 bits per heavy atom. The summed E-state index contributed by atoms with van der Waals surface area (Å²) in [5, 5.41) is 4.90. The highest BCUT2D eigenvalue weighted by atomic mass is 32.2. The molecule has 2 heterocycles. The summed E-state index contributed by atoms with van der Waals surface area (Å²) in [6.07, 6.45) is 0. The van der Waals surface area contributed by atoms with Crippen molar-refractivity contribution in [3.63, 3.8) is 0 Å². The molecule has 1 N–H and O–H groups in total. The smallest absolute Gasteiger partial charge is 0.272 e. The minimum Gasteiger partial charge on any atom is -0.489 e. The quantitative estimate of drug-likeness (QED) is 0.287. The van der Waals surface area contributed by atoms with Gasteiger partial charge in [0.2, 0.25) is 5.91 Å². The highest BCUT2D eigenvalue weighted by molar-refractivity contribution is 8.00. The number of amides is 1. The van der Waals surface area contributed by atoms with Crippen LogP contribution in [0.3, 0.4) is 0 Å². The summed E-state index contributed by atoms with van der Waals surface area (Å²) in [4.78, 5) is 30.0. The SMILES string of the molecule is CCn1c(SC(C)C(=O)Nc2ccc(OCc3ccccc3)cc2)nc2ccsc2c1=O. The van der Waals surface area contributed by atoms with Crippen LogP contribution >= 0.6 is 23.1 Å². The van der Waals surface area contributed by atoms with Crippen LogP contribution in [0.5, 0.6) is 5.75 Å². The van der Waals surface area contributed by atoms with E-state index in [1.807, 2.05) is 73.0 Å². The molecule has 4 rings (SSSR count). The Labute approximate surface area is 194 Å². The number of nitrogens with zero attached hydrogens (tertiary/aromatic N) is 2. The Kier molecular flexibility index (Phi) is 6.92. The molecule has 1 amide bonds. The van der Waals surface area contributed by atoms with Crippen LogP contribution in [0.25, 0.3) is 10.2 Å². The Morgan fingerprint density at radius 3 is 2.62 bits per heavy atom. The van der Waals surface area contributed by atoms with E-state index in [0.29, 0.717) is 34.2 Å². The lowest BCUT2D eigenvalue weighted by Gasteiger charge is -2.15. The van der Waals surface area contributed by atoms with Crippen molar-refractivity contribution in [3.05, 3.63) is 82.0 Å². The number of nitrogens with one attached hydrogen (secondary N) is 1. The number of fused-ring (bicyclic) bond motifs is 1. The van der Waals surface area contributed by atoms with Crippen LogP contribution in [0.1, 0.15) is 19.4 Å². The van der Waals surface area contributed by atoms with Crippen LogP contribution in [0, 0.1) is 0 Å². The third-order valence-corrected chi connectivity index (χ3v) is 6.85. The second-order valence-corrected chi connectivity index (χ2v) is 9.35. The highest BCUT2D eigenvalue weighted by Gasteiger charge is 2.19. The highest BCUT2D eigenvalue weighted by Crippen LogP contribution is 2.25. The Balaban J connectivity index is 1.38. The molecule has 0 aliphatic heterocycles. The number of hydrogen-bond acceptors (Lipinski definition) is 6. The van der Waals surface area contributed by atoms with Gasteiger partial charge in [-0.1, -0.05) is 42.1 Å². The predicted molar refractivity (Wildman–Crippen MR) is 131 cm³/mol. The minimum atomic E-state index is -0.426. The zero-order valence-corrected chi connectivity index (χ0v) is 19.4.